The van der Waals surface area contributed by atoms with Gasteiger partial charge >= 0.3 is 0 Å². The van der Waals surface area contributed by atoms with Crippen LogP contribution in [0.15, 0.2) is 18.3 Å². The molecule has 1 aromatic heterocycles. The van der Waals surface area contributed by atoms with E-state index in [2.05, 4.69) is 55.0 Å². The first-order valence-electron chi connectivity index (χ1n) is 7.55. The number of piperazine rings is 1. The van der Waals surface area contributed by atoms with Gasteiger partial charge in [0.1, 0.15) is 0 Å². The topological polar surface area (TPSA) is 28.2 Å². The van der Waals surface area contributed by atoms with Crippen LogP contribution < -0.4 is 10.2 Å². The molecule has 1 aliphatic rings. The third kappa shape index (κ3) is 3.27. The number of anilines is 1. The second kappa shape index (κ2) is 6.38. The molecule has 3 nitrogen and oxygen atoms in total. The third-order valence-corrected chi connectivity index (χ3v) is 4.13. The highest BCUT2D eigenvalue weighted by Crippen LogP contribution is 2.26. The first kappa shape index (κ1) is 14.3. The van der Waals surface area contributed by atoms with Crippen LogP contribution in [0.4, 0.5) is 5.69 Å². The molecule has 0 aliphatic carbocycles. The standard InChI is InChI=1S/C16H27N3/c1-5-7-14-11-19(16(10-18-14)12(2)3)15-8-6-9-17-13(15)4/h6,8-9,12,14,16,18H,5,7,10-11H2,1-4H3. The summed E-state index contributed by atoms with van der Waals surface area (Å²) >= 11 is 0. The van der Waals surface area contributed by atoms with Gasteiger partial charge in [-0.05, 0) is 31.4 Å². The number of hydrogen-bond donors (Lipinski definition) is 1. The molecule has 19 heavy (non-hydrogen) atoms. The van der Waals surface area contributed by atoms with Crippen LogP contribution in [0.25, 0.3) is 0 Å². The molecule has 0 spiro atoms. The van der Waals surface area contributed by atoms with E-state index < -0.39 is 0 Å². The van der Waals surface area contributed by atoms with Crippen molar-refractivity contribution >= 4 is 5.69 Å². The lowest BCUT2D eigenvalue weighted by Gasteiger charge is -2.44. The van der Waals surface area contributed by atoms with Crippen LogP contribution in [0.5, 0.6) is 0 Å². The van der Waals surface area contributed by atoms with Crippen LogP contribution in [0, 0.1) is 12.8 Å². The molecule has 0 amide bonds. The van der Waals surface area contributed by atoms with Gasteiger partial charge in [-0.2, -0.15) is 0 Å². The number of aromatic nitrogens is 1. The number of hydrogen-bond acceptors (Lipinski definition) is 3. The van der Waals surface area contributed by atoms with E-state index in [1.165, 1.54) is 18.5 Å². The highest BCUT2D eigenvalue weighted by Gasteiger charge is 2.30. The Morgan fingerprint density at radius 1 is 1.47 bits per heavy atom. The van der Waals surface area contributed by atoms with Crippen LogP contribution >= 0.6 is 0 Å². The van der Waals surface area contributed by atoms with Crippen molar-refractivity contribution in [3.63, 3.8) is 0 Å². The lowest BCUT2D eigenvalue weighted by atomic mass is 9.96. The second-order valence-corrected chi connectivity index (χ2v) is 5.97. The van der Waals surface area contributed by atoms with Crippen molar-refractivity contribution in [1.29, 1.82) is 0 Å². The van der Waals surface area contributed by atoms with Gasteiger partial charge in [-0.1, -0.05) is 27.2 Å². The second-order valence-electron chi connectivity index (χ2n) is 5.97. The Morgan fingerprint density at radius 2 is 2.26 bits per heavy atom. The van der Waals surface area contributed by atoms with Crippen LogP contribution in [0.2, 0.25) is 0 Å². The molecule has 1 aromatic rings. The smallest absolute Gasteiger partial charge is 0.0605 e. The van der Waals surface area contributed by atoms with Gasteiger partial charge in [0.2, 0.25) is 0 Å². The summed E-state index contributed by atoms with van der Waals surface area (Å²) < 4.78 is 0. The first-order chi connectivity index (χ1) is 9.13. The van der Waals surface area contributed by atoms with Gasteiger partial charge in [-0.25, -0.2) is 0 Å². The Bertz CT molecular complexity index is 403. The fourth-order valence-corrected chi connectivity index (χ4v) is 3.03. The van der Waals surface area contributed by atoms with E-state index in [9.17, 15) is 0 Å². The number of nitrogens with zero attached hydrogens (tertiary/aromatic N) is 2. The summed E-state index contributed by atoms with van der Waals surface area (Å²) in [5.41, 5.74) is 2.45. The van der Waals surface area contributed by atoms with Crippen LogP contribution in [-0.2, 0) is 0 Å². The average molecular weight is 261 g/mol. The number of rotatable bonds is 4. The quantitative estimate of drug-likeness (QED) is 0.903. The van der Waals surface area contributed by atoms with Gasteiger partial charge in [0.05, 0.1) is 11.4 Å². The van der Waals surface area contributed by atoms with Crippen LogP contribution in [0.1, 0.15) is 39.3 Å². The Labute approximate surface area is 117 Å². The number of aryl methyl sites for hydroxylation is 1. The van der Waals surface area contributed by atoms with Crippen molar-refractivity contribution in [1.82, 2.24) is 10.3 Å². The molecule has 106 valence electrons. The van der Waals surface area contributed by atoms with Gasteiger partial charge in [0.15, 0.2) is 0 Å². The molecule has 2 heterocycles. The summed E-state index contributed by atoms with van der Waals surface area (Å²) in [6.07, 6.45) is 4.37. The highest BCUT2D eigenvalue weighted by molar-refractivity contribution is 5.51. The van der Waals surface area contributed by atoms with E-state index in [1.807, 2.05) is 6.20 Å². The lowest BCUT2D eigenvalue weighted by molar-refractivity contribution is 0.327. The molecular formula is C16H27N3. The van der Waals surface area contributed by atoms with Crippen molar-refractivity contribution < 1.29 is 0 Å². The molecular weight excluding hydrogens is 234 g/mol. The number of nitrogens with one attached hydrogen (secondary N) is 1. The van der Waals surface area contributed by atoms with Gasteiger partial charge < -0.3 is 10.2 Å². The predicted molar refractivity (Wildman–Crippen MR) is 81.6 cm³/mol. The summed E-state index contributed by atoms with van der Waals surface area (Å²) in [6, 6.07) is 5.44. The molecule has 2 unspecified atom stereocenters. The molecule has 1 N–H and O–H groups in total. The van der Waals surface area contributed by atoms with E-state index >= 15 is 0 Å². The zero-order valence-corrected chi connectivity index (χ0v) is 12.7. The fraction of sp³-hybridized carbons (Fsp3) is 0.688. The van der Waals surface area contributed by atoms with Crippen LogP contribution in [0.3, 0.4) is 0 Å². The van der Waals surface area contributed by atoms with E-state index in [1.54, 1.807) is 0 Å². The molecule has 0 bridgehead atoms. The van der Waals surface area contributed by atoms with Crippen molar-refractivity contribution in [3.05, 3.63) is 24.0 Å². The highest BCUT2D eigenvalue weighted by atomic mass is 15.2. The molecule has 3 heteroatoms. The molecule has 1 aliphatic heterocycles. The van der Waals surface area contributed by atoms with Crippen molar-refractivity contribution in [2.75, 3.05) is 18.0 Å². The van der Waals surface area contributed by atoms with E-state index in [-0.39, 0.29) is 0 Å². The Kier molecular flexibility index (Phi) is 4.81. The summed E-state index contributed by atoms with van der Waals surface area (Å²) in [4.78, 5) is 7.03. The minimum Gasteiger partial charge on any atom is -0.364 e. The van der Waals surface area contributed by atoms with Crippen molar-refractivity contribution in [2.45, 2.75) is 52.6 Å². The van der Waals surface area contributed by atoms with Gasteiger partial charge in [-0.3, -0.25) is 4.98 Å². The normalized spacial score (nSPS) is 23.9. The van der Waals surface area contributed by atoms with Crippen molar-refractivity contribution in [3.8, 4) is 0 Å². The maximum atomic E-state index is 4.46. The third-order valence-electron chi connectivity index (χ3n) is 4.13. The molecule has 2 atom stereocenters. The van der Waals surface area contributed by atoms with E-state index in [0.717, 1.165) is 18.8 Å². The monoisotopic (exact) mass is 261 g/mol. The number of pyridine rings is 1. The Hall–Kier alpha value is -1.09. The Morgan fingerprint density at radius 3 is 2.89 bits per heavy atom. The minimum absolute atomic E-state index is 0.566. The predicted octanol–water partition coefficient (Wildman–Crippen LogP) is 2.99. The summed E-state index contributed by atoms with van der Waals surface area (Å²) in [5.74, 6) is 0.648. The van der Waals surface area contributed by atoms with Gasteiger partial charge in [0, 0.05) is 31.4 Å². The fourth-order valence-electron chi connectivity index (χ4n) is 3.03. The van der Waals surface area contributed by atoms with Gasteiger partial charge in [0.25, 0.3) is 0 Å². The lowest BCUT2D eigenvalue weighted by Crippen LogP contribution is -2.58. The summed E-state index contributed by atoms with van der Waals surface area (Å²) in [5, 5.41) is 3.71. The molecule has 0 radical (unpaired) electrons. The molecule has 2 rings (SSSR count). The summed E-state index contributed by atoms with van der Waals surface area (Å²) in [7, 11) is 0. The molecule has 0 saturated carbocycles. The first-order valence-corrected chi connectivity index (χ1v) is 7.55. The zero-order valence-electron chi connectivity index (χ0n) is 12.7. The Balaban J connectivity index is 2.23. The molecule has 1 saturated heterocycles. The van der Waals surface area contributed by atoms with Crippen molar-refractivity contribution in [2.24, 2.45) is 5.92 Å². The maximum absolute atomic E-state index is 4.46. The molecule has 0 aromatic carbocycles. The minimum atomic E-state index is 0.566. The van der Waals surface area contributed by atoms with E-state index in [0.29, 0.717) is 18.0 Å². The van der Waals surface area contributed by atoms with Gasteiger partial charge in [-0.15, -0.1) is 0 Å². The SMILES string of the molecule is CCCC1CN(c2cccnc2C)C(C(C)C)CN1. The largest absolute Gasteiger partial charge is 0.364 e. The van der Waals surface area contributed by atoms with E-state index in [4.69, 9.17) is 0 Å². The summed E-state index contributed by atoms with van der Waals surface area (Å²) in [6.45, 7) is 11.2. The maximum Gasteiger partial charge on any atom is 0.0605 e. The average Bonchev–Trinajstić information content (AvgIpc) is 2.39. The zero-order chi connectivity index (χ0) is 13.8. The van der Waals surface area contributed by atoms with Crippen LogP contribution in [-0.4, -0.2) is 30.2 Å². The molecule has 1 fully saturated rings.